The third-order valence-corrected chi connectivity index (χ3v) is 4.86. The minimum atomic E-state index is -0.152. The molecule has 1 fully saturated rings. The summed E-state index contributed by atoms with van der Waals surface area (Å²) in [5, 5.41) is 12.0. The van der Waals surface area contributed by atoms with E-state index in [2.05, 4.69) is 54.9 Å². The first-order valence-corrected chi connectivity index (χ1v) is 9.49. The number of nitrogens with zero attached hydrogens (tertiary/aromatic N) is 5. The van der Waals surface area contributed by atoms with Crippen molar-refractivity contribution in [1.29, 1.82) is 0 Å². The molecule has 1 saturated heterocycles. The molecule has 0 bridgehead atoms. The minimum Gasteiger partial charge on any atom is -0.327 e. The SMILES string of the molecule is Cc1cc(C(=O)N2CCCC[C@@H]2c2nc(C(C)C)n[nH]2)nn1C(C)(C)C. The summed E-state index contributed by atoms with van der Waals surface area (Å²) in [6.07, 6.45) is 2.99. The molecule has 142 valence electrons. The van der Waals surface area contributed by atoms with E-state index in [0.29, 0.717) is 5.69 Å². The Kier molecular flexibility index (Phi) is 4.90. The highest BCUT2D eigenvalue weighted by atomic mass is 16.2. The quantitative estimate of drug-likeness (QED) is 0.910. The van der Waals surface area contributed by atoms with E-state index in [1.54, 1.807) is 0 Å². The number of piperidine rings is 1. The van der Waals surface area contributed by atoms with Gasteiger partial charge in [0.05, 0.1) is 11.6 Å². The molecule has 0 saturated carbocycles. The van der Waals surface area contributed by atoms with Gasteiger partial charge in [-0.1, -0.05) is 13.8 Å². The zero-order valence-electron chi connectivity index (χ0n) is 16.7. The maximum absolute atomic E-state index is 13.2. The van der Waals surface area contributed by atoms with Gasteiger partial charge in [0.15, 0.2) is 11.5 Å². The first-order valence-electron chi connectivity index (χ1n) is 9.49. The van der Waals surface area contributed by atoms with Crippen LogP contribution < -0.4 is 0 Å². The maximum atomic E-state index is 13.2. The van der Waals surface area contributed by atoms with Gasteiger partial charge in [0.1, 0.15) is 5.82 Å². The van der Waals surface area contributed by atoms with Crippen LogP contribution in [0.15, 0.2) is 6.07 Å². The third-order valence-electron chi connectivity index (χ3n) is 4.86. The van der Waals surface area contributed by atoms with Crippen LogP contribution in [0.5, 0.6) is 0 Å². The van der Waals surface area contributed by atoms with Gasteiger partial charge in [-0.15, -0.1) is 0 Å². The first-order chi connectivity index (χ1) is 12.2. The van der Waals surface area contributed by atoms with Crippen molar-refractivity contribution in [2.24, 2.45) is 0 Å². The van der Waals surface area contributed by atoms with Crippen LogP contribution in [0.4, 0.5) is 0 Å². The van der Waals surface area contributed by atoms with Crippen molar-refractivity contribution in [2.45, 2.75) is 78.3 Å². The van der Waals surface area contributed by atoms with Crippen molar-refractivity contribution in [3.05, 3.63) is 29.1 Å². The second-order valence-electron chi connectivity index (χ2n) is 8.50. The minimum absolute atomic E-state index is 0.0247. The summed E-state index contributed by atoms with van der Waals surface area (Å²) >= 11 is 0. The summed E-state index contributed by atoms with van der Waals surface area (Å²) < 4.78 is 1.92. The number of rotatable bonds is 3. The monoisotopic (exact) mass is 358 g/mol. The average Bonchev–Trinajstić information content (AvgIpc) is 3.20. The summed E-state index contributed by atoms with van der Waals surface area (Å²) in [6.45, 7) is 13.1. The van der Waals surface area contributed by atoms with E-state index >= 15 is 0 Å². The Balaban J connectivity index is 1.88. The van der Waals surface area contributed by atoms with Crippen LogP contribution in [0, 0.1) is 6.92 Å². The van der Waals surface area contributed by atoms with E-state index < -0.39 is 0 Å². The molecule has 1 N–H and O–H groups in total. The Bertz CT molecular complexity index is 782. The summed E-state index contributed by atoms with van der Waals surface area (Å²) in [4.78, 5) is 19.7. The van der Waals surface area contributed by atoms with E-state index in [4.69, 9.17) is 0 Å². The molecule has 0 unspecified atom stereocenters. The van der Waals surface area contributed by atoms with Gasteiger partial charge in [-0.25, -0.2) is 4.98 Å². The van der Waals surface area contributed by atoms with Crippen molar-refractivity contribution in [3.63, 3.8) is 0 Å². The zero-order chi connectivity index (χ0) is 19.1. The summed E-state index contributed by atoms with van der Waals surface area (Å²) in [5.74, 6) is 1.82. The highest BCUT2D eigenvalue weighted by molar-refractivity contribution is 5.92. The molecule has 1 aliphatic rings. The molecule has 2 aromatic heterocycles. The lowest BCUT2D eigenvalue weighted by Gasteiger charge is -2.33. The molecule has 3 rings (SSSR count). The number of amides is 1. The molecule has 1 amide bonds. The number of nitrogens with one attached hydrogen (secondary N) is 1. The highest BCUT2D eigenvalue weighted by Gasteiger charge is 2.33. The molecule has 0 spiro atoms. The Hall–Kier alpha value is -2.18. The van der Waals surface area contributed by atoms with Crippen LogP contribution in [0.2, 0.25) is 0 Å². The lowest BCUT2D eigenvalue weighted by Crippen LogP contribution is -2.39. The molecular formula is C19H30N6O. The summed E-state index contributed by atoms with van der Waals surface area (Å²) in [5.41, 5.74) is 1.35. The molecule has 7 heteroatoms. The van der Waals surface area contributed by atoms with Gasteiger partial charge in [0, 0.05) is 18.2 Å². The molecule has 1 aliphatic heterocycles. The molecule has 3 heterocycles. The second-order valence-corrected chi connectivity index (χ2v) is 8.50. The van der Waals surface area contributed by atoms with E-state index in [1.165, 1.54) is 0 Å². The number of hydrogen-bond donors (Lipinski definition) is 1. The number of aryl methyl sites for hydroxylation is 1. The van der Waals surface area contributed by atoms with Crippen molar-refractivity contribution in [1.82, 2.24) is 29.9 Å². The van der Waals surface area contributed by atoms with Gasteiger partial charge in [-0.2, -0.15) is 10.2 Å². The fourth-order valence-electron chi connectivity index (χ4n) is 3.56. The predicted molar refractivity (Wildman–Crippen MR) is 100 cm³/mol. The molecule has 1 atom stereocenters. The number of carbonyl (C=O) groups excluding carboxylic acids is 1. The maximum Gasteiger partial charge on any atom is 0.274 e. The topological polar surface area (TPSA) is 79.7 Å². The van der Waals surface area contributed by atoms with Gasteiger partial charge < -0.3 is 4.90 Å². The molecule has 2 aromatic rings. The van der Waals surface area contributed by atoms with Crippen LogP contribution in [-0.4, -0.2) is 42.3 Å². The van der Waals surface area contributed by atoms with Crippen molar-refractivity contribution in [3.8, 4) is 0 Å². The first kappa shape index (κ1) is 18.6. The van der Waals surface area contributed by atoms with Crippen molar-refractivity contribution >= 4 is 5.91 Å². The Labute approximate surface area is 155 Å². The van der Waals surface area contributed by atoms with E-state index in [-0.39, 0.29) is 23.4 Å². The fraction of sp³-hybridized carbons (Fsp3) is 0.684. The molecule has 0 aromatic carbocycles. The number of H-pyrrole nitrogens is 1. The van der Waals surface area contributed by atoms with E-state index in [0.717, 1.165) is 43.1 Å². The number of aromatic amines is 1. The highest BCUT2D eigenvalue weighted by Crippen LogP contribution is 2.31. The Morgan fingerprint density at radius 3 is 2.62 bits per heavy atom. The van der Waals surface area contributed by atoms with E-state index in [1.807, 2.05) is 22.6 Å². The number of aromatic nitrogens is 5. The normalized spacial score (nSPS) is 18.6. The number of likely N-dealkylation sites (tertiary alicyclic amines) is 1. The summed E-state index contributed by atoms with van der Waals surface area (Å²) in [7, 11) is 0. The molecule has 7 nitrogen and oxygen atoms in total. The fourth-order valence-corrected chi connectivity index (χ4v) is 3.56. The van der Waals surface area contributed by atoms with Crippen molar-refractivity contribution < 1.29 is 4.79 Å². The smallest absolute Gasteiger partial charge is 0.274 e. The summed E-state index contributed by atoms with van der Waals surface area (Å²) in [6, 6.07) is 1.83. The van der Waals surface area contributed by atoms with Crippen LogP contribution in [0.3, 0.4) is 0 Å². The lowest BCUT2D eigenvalue weighted by molar-refractivity contribution is 0.0592. The van der Waals surface area contributed by atoms with Crippen LogP contribution in [-0.2, 0) is 5.54 Å². The number of carbonyl (C=O) groups is 1. The molecule has 26 heavy (non-hydrogen) atoms. The second kappa shape index (κ2) is 6.85. The van der Waals surface area contributed by atoms with Crippen LogP contribution >= 0.6 is 0 Å². The van der Waals surface area contributed by atoms with Crippen molar-refractivity contribution in [2.75, 3.05) is 6.54 Å². The van der Waals surface area contributed by atoms with Gasteiger partial charge >= 0.3 is 0 Å². The molecular weight excluding hydrogens is 328 g/mol. The zero-order valence-corrected chi connectivity index (χ0v) is 16.7. The van der Waals surface area contributed by atoms with E-state index in [9.17, 15) is 4.79 Å². The molecule has 0 radical (unpaired) electrons. The van der Waals surface area contributed by atoms with Gasteiger partial charge in [0.25, 0.3) is 5.91 Å². The van der Waals surface area contributed by atoms with Gasteiger partial charge in [0.2, 0.25) is 0 Å². The van der Waals surface area contributed by atoms with Crippen LogP contribution in [0.25, 0.3) is 0 Å². The van der Waals surface area contributed by atoms with Gasteiger partial charge in [-0.3, -0.25) is 14.6 Å². The Morgan fingerprint density at radius 2 is 2.04 bits per heavy atom. The standard InChI is InChI=1S/C19H30N6O/c1-12(2)16-20-17(22-21-16)15-9-7-8-10-24(15)18(26)14-11-13(3)25(23-14)19(4,5)6/h11-12,15H,7-10H2,1-6H3,(H,20,21,22)/t15-/m1/s1. The van der Waals surface area contributed by atoms with Gasteiger partial charge in [-0.05, 0) is 53.0 Å². The largest absolute Gasteiger partial charge is 0.327 e. The average molecular weight is 358 g/mol. The lowest BCUT2D eigenvalue weighted by atomic mass is 10.0. The third kappa shape index (κ3) is 3.52. The number of hydrogen-bond acceptors (Lipinski definition) is 4. The molecule has 0 aliphatic carbocycles. The predicted octanol–water partition coefficient (Wildman–Crippen LogP) is 3.56. The Morgan fingerprint density at radius 1 is 1.31 bits per heavy atom. The van der Waals surface area contributed by atoms with Crippen LogP contribution in [0.1, 0.15) is 93.7 Å².